The van der Waals surface area contributed by atoms with Crippen LogP contribution in [-0.2, 0) is 24.3 Å². The van der Waals surface area contributed by atoms with E-state index in [1.54, 1.807) is 25.3 Å². The second-order valence-electron chi connectivity index (χ2n) is 6.84. The van der Waals surface area contributed by atoms with Crippen LogP contribution in [0.15, 0.2) is 35.2 Å². The topological polar surface area (TPSA) is 96.0 Å². The highest BCUT2D eigenvalue weighted by molar-refractivity contribution is 7.89. The van der Waals surface area contributed by atoms with Crippen molar-refractivity contribution in [3.8, 4) is 0 Å². The number of carbonyl (C=O) groups is 2. The third-order valence-electron chi connectivity index (χ3n) is 4.11. The van der Waals surface area contributed by atoms with Crippen molar-refractivity contribution >= 4 is 27.9 Å². The zero-order chi connectivity index (χ0) is 20.7. The summed E-state index contributed by atoms with van der Waals surface area (Å²) < 4.78 is 31.8. The molecular formula is C19H27N3O5S. The fourth-order valence-electron chi connectivity index (χ4n) is 2.64. The Hall–Kier alpha value is -2.23. The summed E-state index contributed by atoms with van der Waals surface area (Å²) >= 11 is 0. The Morgan fingerprint density at radius 2 is 1.82 bits per heavy atom. The number of ether oxygens (including phenoxy) is 1. The van der Waals surface area contributed by atoms with Gasteiger partial charge in [0.15, 0.2) is 0 Å². The van der Waals surface area contributed by atoms with Crippen LogP contribution in [0.1, 0.15) is 19.4 Å². The SMILES string of the molecule is CC(C)NC(=O)CN(C)C(=O)/C=C/c1ccc(S(=O)(=O)N2CCOCC2)cc1. The first-order chi connectivity index (χ1) is 13.2. The van der Waals surface area contributed by atoms with Crippen molar-refractivity contribution in [1.29, 1.82) is 0 Å². The zero-order valence-corrected chi connectivity index (χ0v) is 17.2. The Morgan fingerprint density at radius 1 is 1.21 bits per heavy atom. The molecular weight excluding hydrogens is 382 g/mol. The summed E-state index contributed by atoms with van der Waals surface area (Å²) in [6, 6.07) is 6.34. The molecule has 1 fully saturated rings. The molecule has 0 saturated carbocycles. The molecule has 154 valence electrons. The first-order valence-corrected chi connectivity index (χ1v) is 10.5. The molecule has 2 rings (SSSR count). The second-order valence-corrected chi connectivity index (χ2v) is 8.77. The van der Waals surface area contributed by atoms with E-state index in [2.05, 4.69) is 5.32 Å². The summed E-state index contributed by atoms with van der Waals surface area (Å²) in [5, 5.41) is 2.72. The van der Waals surface area contributed by atoms with Crippen molar-refractivity contribution in [2.45, 2.75) is 24.8 Å². The number of rotatable bonds is 7. The van der Waals surface area contributed by atoms with Gasteiger partial charge in [0.05, 0.1) is 24.7 Å². The molecule has 0 radical (unpaired) electrons. The lowest BCUT2D eigenvalue weighted by Crippen LogP contribution is -2.40. The highest BCUT2D eigenvalue weighted by atomic mass is 32.2. The minimum atomic E-state index is -3.54. The van der Waals surface area contributed by atoms with Crippen molar-refractivity contribution in [3.05, 3.63) is 35.9 Å². The predicted octanol–water partition coefficient (Wildman–Crippen LogP) is 0.704. The van der Waals surface area contributed by atoms with Crippen molar-refractivity contribution in [1.82, 2.24) is 14.5 Å². The zero-order valence-electron chi connectivity index (χ0n) is 16.4. The van der Waals surface area contributed by atoms with Crippen LogP contribution in [0.2, 0.25) is 0 Å². The molecule has 0 aromatic heterocycles. The maximum atomic E-state index is 12.6. The molecule has 1 aliphatic rings. The van der Waals surface area contributed by atoms with E-state index in [0.717, 1.165) is 0 Å². The van der Waals surface area contributed by atoms with Crippen molar-refractivity contribution in [2.75, 3.05) is 39.9 Å². The van der Waals surface area contributed by atoms with Gasteiger partial charge in [0, 0.05) is 32.3 Å². The lowest BCUT2D eigenvalue weighted by Gasteiger charge is -2.26. The van der Waals surface area contributed by atoms with E-state index in [1.807, 2.05) is 13.8 Å². The number of nitrogens with zero attached hydrogens (tertiary/aromatic N) is 2. The molecule has 8 nitrogen and oxygen atoms in total. The molecule has 1 aromatic carbocycles. The largest absolute Gasteiger partial charge is 0.379 e. The minimum Gasteiger partial charge on any atom is -0.379 e. The van der Waals surface area contributed by atoms with Crippen LogP contribution in [0.5, 0.6) is 0 Å². The summed E-state index contributed by atoms with van der Waals surface area (Å²) in [6.45, 7) is 5.14. The van der Waals surface area contributed by atoms with Gasteiger partial charge in [-0.3, -0.25) is 9.59 Å². The number of amides is 2. The van der Waals surface area contributed by atoms with Gasteiger partial charge in [0.25, 0.3) is 0 Å². The van der Waals surface area contributed by atoms with Crippen LogP contribution in [0.3, 0.4) is 0 Å². The van der Waals surface area contributed by atoms with E-state index >= 15 is 0 Å². The third kappa shape index (κ3) is 6.15. The van der Waals surface area contributed by atoms with Gasteiger partial charge in [-0.25, -0.2) is 8.42 Å². The molecule has 0 aliphatic carbocycles. The van der Waals surface area contributed by atoms with Crippen molar-refractivity contribution in [3.63, 3.8) is 0 Å². The van der Waals surface area contributed by atoms with E-state index in [0.29, 0.717) is 31.9 Å². The van der Waals surface area contributed by atoms with E-state index in [9.17, 15) is 18.0 Å². The van der Waals surface area contributed by atoms with Crippen LogP contribution >= 0.6 is 0 Å². The molecule has 2 amide bonds. The Labute approximate surface area is 166 Å². The van der Waals surface area contributed by atoms with Crippen molar-refractivity contribution in [2.24, 2.45) is 0 Å². The van der Waals surface area contributed by atoms with Gasteiger partial charge in [-0.2, -0.15) is 4.31 Å². The third-order valence-corrected chi connectivity index (χ3v) is 6.03. The van der Waals surface area contributed by atoms with Gasteiger partial charge in [0.2, 0.25) is 21.8 Å². The molecule has 0 bridgehead atoms. The molecule has 1 saturated heterocycles. The maximum absolute atomic E-state index is 12.6. The Balaban J connectivity index is 1.97. The number of hydrogen-bond acceptors (Lipinski definition) is 5. The van der Waals surface area contributed by atoms with Gasteiger partial charge in [-0.05, 0) is 37.6 Å². The van der Waals surface area contributed by atoms with Gasteiger partial charge in [0.1, 0.15) is 0 Å². The maximum Gasteiger partial charge on any atom is 0.246 e. The van der Waals surface area contributed by atoms with E-state index < -0.39 is 10.0 Å². The highest BCUT2D eigenvalue weighted by Crippen LogP contribution is 2.18. The lowest BCUT2D eigenvalue weighted by atomic mass is 10.2. The van der Waals surface area contributed by atoms with Crippen LogP contribution in [0.25, 0.3) is 6.08 Å². The Kier molecular flexibility index (Phi) is 7.73. The standard InChI is InChI=1S/C19H27N3O5S/c1-15(2)20-18(23)14-21(3)19(24)9-6-16-4-7-17(8-5-16)28(25,26)22-10-12-27-13-11-22/h4-9,15H,10-14H2,1-3H3,(H,20,23)/b9-6+. The Morgan fingerprint density at radius 3 is 2.39 bits per heavy atom. The molecule has 1 aromatic rings. The summed E-state index contributed by atoms with van der Waals surface area (Å²) in [5.74, 6) is -0.541. The van der Waals surface area contributed by atoms with E-state index in [1.165, 1.54) is 27.4 Å². The molecule has 0 atom stereocenters. The average molecular weight is 410 g/mol. The van der Waals surface area contributed by atoms with Crippen LogP contribution < -0.4 is 5.32 Å². The predicted molar refractivity (Wildman–Crippen MR) is 106 cm³/mol. The van der Waals surface area contributed by atoms with Crippen LogP contribution in [0.4, 0.5) is 0 Å². The number of morpholine rings is 1. The monoisotopic (exact) mass is 409 g/mol. The Bertz CT molecular complexity index is 812. The number of benzene rings is 1. The van der Waals surface area contributed by atoms with E-state index in [-0.39, 0.29) is 29.3 Å². The first kappa shape index (κ1) is 22.1. The van der Waals surface area contributed by atoms with E-state index in [4.69, 9.17) is 4.74 Å². The number of carbonyl (C=O) groups excluding carboxylic acids is 2. The fraction of sp³-hybridized carbons (Fsp3) is 0.474. The van der Waals surface area contributed by atoms with Gasteiger partial charge < -0.3 is 15.0 Å². The normalized spacial score (nSPS) is 15.7. The lowest BCUT2D eigenvalue weighted by molar-refractivity contribution is -0.131. The molecule has 9 heteroatoms. The molecule has 1 N–H and O–H groups in total. The average Bonchev–Trinajstić information content (AvgIpc) is 2.66. The number of sulfonamides is 1. The summed E-state index contributed by atoms with van der Waals surface area (Å²) in [6.07, 6.45) is 2.94. The molecule has 1 aliphatic heterocycles. The van der Waals surface area contributed by atoms with Crippen molar-refractivity contribution < 1.29 is 22.7 Å². The minimum absolute atomic E-state index is 0.0128. The number of hydrogen-bond donors (Lipinski definition) is 1. The summed E-state index contributed by atoms with van der Waals surface area (Å²) in [7, 11) is -1.99. The van der Waals surface area contributed by atoms with Crippen LogP contribution in [-0.4, -0.2) is 75.4 Å². The van der Waals surface area contributed by atoms with Gasteiger partial charge in [-0.1, -0.05) is 12.1 Å². The van der Waals surface area contributed by atoms with Crippen LogP contribution in [0, 0.1) is 0 Å². The highest BCUT2D eigenvalue weighted by Gasteiger charge is 2.25. The number of likely N-dealkylation sites (N-methyl/N-ethyl adjacent to an activating group) is 1. The summed E-state index contributed by atoms with van der Waals surface area (Å²) in [4.78, 5) is 25.3. The first-order valence-electron chi connectivity index (χ1n) is 9.10. The molecule has 1 heterocycles. The number of nitrogens with one attached hydrogen (secondary N) is 1. The molecule has 28 heavy (non-hydrogen) atoms. The smallest absolute Gasteiger partial charge is 0.246 e. The molecule has 0 spiro atoms. The second kappa shape index (κ2) is 9.81. The fourth-order valence-corrected chi connectivity index (χ4v) is 4.05. The molecule has 0 unspecified atom stereocenters. The van der Waals surface area contributed by atoms with Gasteiger partial charge >= 0.3 is 0 Å². The quantitative estimate of drug-likeness (QED) is 0.669. The van der Waals surface area contributed by atoms with Gasteiger partial charge in [-0.15, -0.1) is 0 Å². The summed E-state index contributed by atoms with van der Waals surface area (Å²) in [5.41, 5.74) is 0.689.